The van der Waals surface area contributed by atoms with Crippen LogP contribution in [0.5, 0.6) is 0 Å². The van der Waals surface area contributed by atoms with Gasteiger partial charge in [0.1, 0.15) is 0 Å². The molecule has 104 valence electrons. The molecular weight excluding hydrogens is 232 g/mol. The van der Waals surface area contributed by atoms with Crippen molar-refractivity contribution in [1.29, 1.82) is 0 Å². The fourth-order valence-electron chi connectivity index (χ4n) is 4.15. The molecule has 1 saturated heterocycles. The average molecular weight is 258 g/mol. The molecule has 2 heteroatoms. The van der Waals surface area contributed by atoms with Crippen molar-refractivity contribution in [3.63, 3.8) is 0 Å². The number of hydrogen-bond donors (Lipinski definition) is 1. The standard InChI is InChI=1S/C17H26N2/c1-17(12-18-2,15-6-4-3-5-7-15)13-19-11-14-8-9-16(19)10-14/h3-7,14,16,18H,8-13H2,1-2H3. The van der Waals surface area contributed by atoms with Crippen LogP contribution in [0.25, 0.3) is 0 Å². The van der Waals surface area contributed by atoms with Gasteiger partial charge in [-0.25, -0.2) is 0 Å². The Hall–Kier alpha value is -0.860. The number of benzene rings is 1. The molecule has 1 aromatic carbocycles. The molecule has 3 unspecified atom stereocenters. The van der Waals surface area contributed by atoms with E-state index in [0.717, 1.165) is 18.5 Å². The molecule has 2 fully saturated rings. The summed E-state index contributed by atoms with van der Waals surface area (Å²) in [4.78, 5) is 2.75. The van der Waals surface area contributed by atoms with Crippen molar-refractivity contribution in [2.75, 3.05) is 26.7 Å². The number of rotatable bonds is 5. The van der Waals surface area contributed by atoms with Crippen molar-refractivity contribution in [2.45, 2.75) is 37.6 Å². The molecule has 0 spiro atoms. The van der Waals surface area contributed by atoms with E-state index in [1.807, 2.05) is 0 Å². The molecule has 3 rings (SSSR count). The van der Waals surface area contributed by atoms with Crippen LogP contribution in [-0.4, -0.2) is 37.6 Å². The van der Waals surface area contributed by atoms with E-state index < -0.39 is 0 Å². The van der Waals surface area contributed by atoms with E-state index in [9.17, 15) is 0 Å². The Morgan fingerprint density at radius 1 is 1.26 bits per heavy atom. The number of likely N-dealkylation sites (N-methyl/N-ethyl adjacent to an activating group) is 1. The van der Waals surface area contributed by atoms with Crippen molar-refractivity contribution >= 4 is 0 Å². The lowest BCUT2D eigenvalue weighted by molar-refractivity contribution is 0.169. The smallest absolute Gasteiger partial charge is 0.0177 e. The summed E-state index contributed by atoms with van der Waals surface area (Å²) >= 11 is 0. The van der Waals surface area contributed by atoms with Crippen molar-refractivity contribution in [1.82, 2.24) is 10.2 Å². The molecule has 3 atom stereocenters. The minimum atomic E-state index is 0.223. The summed E-state index contributed by atoms with van der Waals surface area (Å²) in [5, 5.41) is 3.40. The van der Waals surface area contributed by atoms with E-state index >= 15 is 0 Å². The molecule has 2 nitrogen and oxygen atoms in total. The lowest BCUT2D eigenvalue weighted by Gasteiger charge is -2.38. The first-order valence-corrected chi connectivity index (χ1v) is 7.65. The van der Waals surface area contributed by atoms with Crippen LogP contribution < -0.4 is 5.32 Å². The second-order valence-electron chi connectivity index (χ2n) is 6.72. The lowest BCUT2D eigenvalue weighted by Crippen LogP contribution is -2.47. The first kappa shape index (κ1) is 13.1. The maximum Gasteiger partial charge on any atom is 0.0177 e. The molecule has 2 bridgehead atoms. The third kappa shape index (κ3) is 2.56. The highest BCUT2D eigenvalue weighted by Gasteiger charge is 2.41. The van der Waals surface area contributed by atoms with Crippen LogP contribution in [0.2, 0.25) is 0 Å². The molecule has 2 aliphatic rings. The number of hydrogen-bond acceptors (Lipinski definition) is 2. The Bertz CT molecular complexity index is 417. The van der Waals surface area contributed by atoms with Gasteiger partial charge in [0.05, 0.1) is 0 Å². The topological polar surface area (TPSA) is 15.3 Å². The number of nitrogens with zero attached hydrogens (tertiary/aromatic N) is 1. The maximum atomic E-state index is 3.40. The quantitative estimate of drug-likeness (QED) is 0.873. The van der Waals surface area contributed by atoms with Crippen molar-refractivity contribution < 1.29 is 0 Å². The molecule has 1 aromatic rings. The summed E-state index contributed by atoms with van der Waals surface area (Å²) in [6.45, 7) is 5.98. The zero-order valence-electron chi connectivity index (χ0n) is 12.2. The van der Waals surface area contributed by atoms with Gasteiger partial charge in [0, 0.05) is 31.1 Å². The van der Waals surface area contributed by atoms with Gasteiger partial charge in [0.25, 0.3) is 0 Å². The van der Waals surface area contributed by atoms with E-state index in [-0.39, 0.29) is 5.41 Å². The van der Waals surface area contributed by atoms with Crippen LogP contribution in [0.15, 0.2) is 30.3 Å². The van der Waals surface area contributed by atoms with Crippen molar-refractivity contribution in [3.8, 4) is 0 Å². The van der Waals surface area contributed by atoms with Crippen LogP contribution in [0.1, 0.15) is 31.7 Å². The molecule has 1 N–H and O–H groups in total. The highest BCUT2D eigenvalue weighted by atomic mass is 15.2. The second-order valence-corrected chi connectivity index (χ2v) is 6.72. The summed E-state index contributed by atoms with van der Waals surface area (Å²) in [7, 11) is 2.07. The van der Waals surface area contributed by atoms with Crippen LogP contribution >= 0.6 is 0 Å². The average Bonchev–Trinajstić information content (AvgIpc) is 3.02. The Balaban J connectivity index is 1.77. The minimum Gasteiger partial charge on any atom is -0.319 e. The lowest BCUT2D eigenvalue weighted by atomic mass is 9.81. The minimum absolute atomic E-state index is 0.223. The van der Waals surface area contributed by atoms with E-state index in [1.165, 1.54) is 37.9 Å². The van der Waals surface area contributed by atoms with Gasteiger partial charge in [-0.15, -0.1) is 0 Å². The largest absolute Gasteiger partial charge is 0.319 e. The monoisotopic (exact) mass is 258 g/mol. The van der Waals surface area contributed by atoms with Crippen LogP contribution in [0.3, 0.4) is 0 Å². The zero-order chi connectivity index (χ0) is 13.3. The predicted molar refractivity (Wildman–Crippen MR) is 80.4 cm³/mol. The summed E-state index contributed by atoms with van der Waals surface area (Å²) in [6.07, 6.45) is 4.34. The summed E-state index contributed by atoms with van der Waals surface area (Å²) in [5.41, 5.74) is 1.69. The number of nitrogens with one attached hydrogen (secondary N) is 1. The summed E-state index contributed by atoms with van der Waals surface area (Å²) in [5.74, 6) is 0.986. The first-order valence-electron chi connectivity index (χ1n) is 7.65. The molecule has 0 amide bonds. The maximum absolute atomic E-state index is 3.40. The highest BCUT2D eigenvalue weighted by Crippen LogP contribution is 2.39. The van der Waals surface area contributed by atoms with Gasteiger partial charge in [0.15, 0.2) is 0 Å². The highest BCUT2D eigenvalue weighted by molar-refractivity contribution is 5.26. The van der Waals surface area contributed by atoms with Gasteiger partial charge >= 0.3 is 0 Å². The third-order valence-electron chi connectivity index (χ3n) is 5.11. The van der Waals surface area contributed by atoms with E-state index in [0.29, 0.717) is 0 Å². The molecule has 0 aromatic heterocycles. The van der Waals surface area contributed by atoms with Gasteiger partial charge in [0.2, 0.25) is 0 Å². The van der Waals surface area contributed by atoms with Gasteiger partial charge in [-0.3, -0.25) is 4.90 Å². The third-order valence-corrected chi connectivity index (χ3v) is 5.11. The molecule has 19 heavy (non-hydrogen) atoms. The molecular formula is C17H26N2. The van der Waals surface area contributed by atoms with Crippen LogP contribution in [0, 0.1) is 5.92 Å². The molecule has 1 heterocycles. The van der Waals surface area contributed by atoms with Gasteiger partial charge < -0.3 is 5.32 Å². The summed E-state index contributed by atoms with van der Waals surface area (Å²) < 4.78 is 0. The van der Waals surface area contributed by atoms with Crippen LogP contribution in [0.4, 0.5) is 0 Å². The predicted octanol–water partition coefficient (Wildman–Crippen LogP) is 2.65. The van der Waals surface area contributed by atoms with Crippen molar-refractivity contribution in [3.05, 3.63) is 35.9 Å². The Morgan fingerprint density at radius 2 is 2.05 bits per heavy atom. The SMILES string of the molecule is CNCC(C)(CN1CC2CCC1C2)c1ccccc1. The number of piperidine rings is 1. The van der Waals surface area contributed by atoms with Gasteiger partial charge in [-0.2, -0.15) is 0 Å². The molecule has 0 radical (unpaired) electrons. The molecule has 1 aliphatic carbocycles. The normalized spacial score (nSPS) is 29.6. The number of likely N-dealkylation sites (tertiary alicyclic amines) is 1. The molecule has 1 saturated carbocycles. The van der Waals surface area contributed by atoms with Crippen LogP contribution in [-0.2, 0) is 5.41 Å². The van der Waals surface area contributed by atoms with E-state index in [2.05, 4.69) is 54.5 Å². The Morgan fingerprint density at radius 3 is 2.63 bits per heavy atom. The zero-order valence-corrected chi connectivity index (χ0v) is 12.2. The summed E-state index contributed by atoms with van der Waals surface area (Å²) in [6, 6.07) is 11.9. The van der Waals surface area contributed by atoms with Gasteiger partial charge in [-0.1, -0.05) is 37.3 Å². The Kier molecular flexibility index (Phi) is 3.64. The second kappa shape index (κ2) is 5.26. The van der Waals surface area contributed by atoms with Gasteiger partial charge in [-0.05, 0) is 37.8 Å². The first-order chi connectivity index (χ1) is 9.21. The van der Waals surface area contributed by atoms with Crippen molar-refractivity contribution in [2.24, 2.45) is 5.92 Å². The molecule has 1 aliphatic heterocycles. The number of fused-ring (bicyclic) bond motifs is 2. The van der Waals surface area contributed by atoms with E-state index in [4.69, 9.17) is 0 Å². The fraction of sp³-hybridized carbons (Fsp3) is 0.647. The van der Waals surface area contributed by atoms with E-state index in [1.54, 1.807) is 0 Å². The fourth-order valence-corrected chi connectivity index (χ4v) is 4.15. The Labute approximate surface area is 117 Å².